The Balaban J connectivity index is 1.86. The van der Waals surface area contributed by atoms with Crippen LogP contribution >= 0.6 is 0 Å². The fraction of sp³-hybridized carbons (Fsp3) is 1.00. The summed E-state index contributed by atoms with van der Waals surface area (Å²) in [5.74, 6) is 0. The van der Waals surface area contributed by atoms with Crippen molar-refractivity contribution in [2.24, 2.45) is 5.73 Å². The smallest absolute Gasteiger partial charge is 0.0222 e. The van der Waals surface area contributed by atoms with Crippen molar-refractivity contribution in [1.29, 1.82) is 0 Å². The lowest BCUT2D eigenvalue weighted by Gasteiger charge is -2.59. The summed E-state index contributed by atoms with van der Waals surface area (Å²) < 4.78 is 0. The third-order valence-corrected chi connectivity index (χ3v) is 3.31. The van der Waals surface area contributed by atoms with Crippen LogP contribution in [0.3, 0.4) is 0 Å². The van der Waals surface area contributed by atoms with Crippen molar-refractivity contribution >= 4 is 0 Å². The summed E-state index contributed by atoms with van der Waals surface area (Å²) in [6.45, 7) is 4.51. The molecule has 64 valence electrons. The lowest BCUT2D eigenvalue weighted by atomic mass is 9.68. The van der Waals surface area contributed by atoms with Gasteiger partial charge in [0.05, 0.1) is 0 Å². The molecule has 0 aromatic rings. The predicted molar refractivity (Wildman–Crippen MR) is 46.4 cm³/mol. The number of hydrogen-bond acceptors (Lipinski definition) is 2. The molecular formula is C9H18N2. The Morgan fingerprint density at radius 3 is 2.45 bits per heavy atom. The molecular weight excluding hydrogens is 136 g/mol. The average molecular weight is 154 g/mol. The van der Waals surface area contributed by atoms with Crippen LogP contribution in [0.15, 0.2) is 0 Å². The van der Waals surface area contributed by atoms with E-state index in [0.29, 0.717) is 11.6 Å². The minimum atomic E-state index is 0.354. The summed E-state index contributed by atoms with van der Waals surface area (Å²) in [5, 5.41) is 0. The second-order valence-electron chi connectivity index (χ2n) is 4.25. The van der Waals surface area contributed by atoms with Crippen LogP contribution in [-0.2, 0) is 0 Å². The van der Waals surface area contributed by atoms with Crippen LogP contribution in [0.1, 0.15) is 32.6 Å². The van der Waals surface area contributed by atoms with Gasteiger partial charge in [-0.1, -0.05) is 0 Å². The van der Waals surface area contributed by atoms with Crippen LogP contribution in [-0.4, -0.2) is 29.6 Å². The molecule has 2 N–H and O–H groups in total. The molecule has 1 heterocycles. The second kappa shape index (κ2) is 2.46. The molecule has 0 aromatic heterocycles. The number of rotatable bonds is 2. The molecule has 1 atom stereocenters. The van der Waals surface area contributed by atoms with Gasteiger partial charge < -0.3 is 5.73 Å². The van der Waals surface area contributed by atoms with E-state index in [1.54, 1.807) is 0 Å². The van der Waals surface area contributed by atoms with Gasteiger partial charge in [-0.2, -0.15) is 0 Å². The Morgan fingerprint density at radius 1 is 1.45 bits per heavy atom. The maximum atomic E-state index is 5.76. The van der Waals surface area contributed by atoms with Gasteiger partial charge in [-0.25, -0.2) is 0 Å². The highest BCUT2D eigenvalue weighted by atomic mass is 15.3. The van der Waals surface area contributed by atoms with Crippen LogP contribution in [0, 0.1) is 0 Å². The molecule has 2 aliphatic rings. The zero-order valence-corrected chi connectivity index (χ0v) is 7.34. The van der Waals surface area contributed by atoms with Crippen LogP contribution < -0.4 is 5.73 Å². The van der Waals surface area contributed by atoms with Gasteiger partial charge in [0.2, 0.25) is 0 Å². The molecule has 2 nitrogen and oxygen atoms in total. The standard InChI is InChI=1S/C9H18N2/c1-8(10)7-11-6-5-9(11)3-2-4-9/h8H,2-7,10H2,1H3/t8-/m1/s1. The SMILES string of the molecule is C[C@@H](N)CN1CCC12CCC2. The fourth-order valence-corrected chi connectivity index (χ4v) is 2.37. The Labute approximate surface area is 68.7 Å². The zero-order valence-electron chi connectivity index (χ0n) is 7.34. The van der Waals surface area contributed by atoms with E-state index in [-0.39, 0.29) is 0 Å². The summed E-state index contributed by atoms with van der Waals surface area (Å²) in [5.41, 5.74) is 6.41. The molecule has 2 heteroatoms. The van der Waals surface area contributed by atoms with E-state index in [2.05, 4.69) is 11.8 Å². The van der Waals surface area contributed by atoms with E-state index in [9.17, 15) is 0 Å². The fourth-order valence-electron chi connectivity index (χ4n) is 2.37. The van der Waals surface area contributed by atoms with Crippen molar-refractivity contribution in [2.45, 2.75) is 44.2 Å². The highest BCUT2D eigenvalue weighted by molar-refractivity contribution is 5.05. The molecule has 0 unspecified atom stereocenters. The van der Waals surface area contributed by atoms with Gasteiger partial charge in [0, 0.05) is 24.7 Å². The van der Waals surface area contributed by atoms with E-state index >= 15 is 0 Å². The van der Waals surface area contributed by atoms with Gasteiger partial charge in [0.25, 0.3) is 0 Å². The van der Waals surface area contributed by atoms with Crippen LogP contribution in [0.5, 0.6) is 0 Å². The molecule has 1 saturated carbocycles. The first kappa shape index (κ1) is 7.56. The molecule has 0 amide bonds. The number of likely N-dealkylation sites (tertiary alicyclic amines) is 1. The molecule has 1 spiro atoms. The maximum absolute atomic E-state index is 5.76. The van der Waals surface area contributed by atoms with Crippen LogP contribution in [0.25, 0.3) is 0 Å². The highest BCUT2D eigenvalue weighted by Gasteiger charge is 2.48. The lowest BCUT2D eigenvalue weighted by molar-refractivity contribution is -0.0744. The van der Waals surface area contributed by atoms with E-state index in [0.717, 1.165) is 6.54 Å². The minimum absolute atomic E-state index is 0.354. The molecule has 1 aliphatic heterocycles. The summed E-state index contributed by atoms with van der Waals surface area (Å²) in [6, 6.07) is 0.354. The van der Waals surface area contributed by atoms with Crippen molar-refractivity contribution in [2.75, 3.05) is 13.1 Å². The van der Waals surface area contributed by atoms with Crippen LogP contribution in [0.4, 0.5) is 0 Å². The molecule has 2 fully saturated rings. The Hall–Kier alpha value is -0.0800. The van der Waals surface area contributed by atoms with Crippen molar-refractivity contribution in [3.8, 4) is 0 Å². The first-order valence-electron chi connectivity index (χ1n) is 4.74. The van der Waals surface area contributed by atoms with Gasteiger partial charge in [-0.15, -0.1) is 0 Å². The third kappa shape index (κ3) is 1.09. The molecule has 0 aromatic carbocycles. The van der Waals surface area contributed by atoms with Crippen molar-refractivity contribution < 1.29 is 0 Å². The second-order valence-corrected chi connectivity index (χ2v) is 4.25. The molecule has 1 aliphatic carbocycles. The first-order valence-corrected chi connectivity index (χ1v) is 4.74. The number of hydrogen-bond donors (Lipinski definition) is 1. The number of nitrogens with two attached hydrogens (primary N) is 1. The van der Waals surface area contributed by atoms with Crippen molar-refractivity contribution in [3.05, 3.63) is 0 Å². The third-order valence-electron chi connectivity index (χ3n) is 3.31. The summed E-state index contributed by atoms with van der Waals surface area (Å²) >= 11 is 0. The van der Waals surface area contributed by atoms with Crippen molar-refractivity contribution in [3.63, 3.8) is 0 Å². The monoisotopic (exact) mass is 154 g/mol. The van der Waals surface area contributed by atoms with Crippen LogP contribution in [0.2, 0.25) is 0 Å². The van der Waals surface area contributed by atoms with E-state index in [1.165, 1.54) is 32.2 Å². The molecule has 0 bridgehead atoms. The largest absolute Gasteiger partial charge is 0.327 e. The van der Waals surface area contributed by atoms with Gasteiger partial charge >= 0.3 is 0 Å². The molecule has 0 radical (unpaired) electrons. The Bertz CT molecular complexity index is 144. The maximum Gasteiger partial charge on any atom is 0.0222 e. The lowest BCUT2D eigenvalue weighted by Crippen LogP contribution is -2.65. The molecule has 1 saturated heterocycles. The summed E-state index contributed by atoms with van der Waals surface area (Å²) in [7, 11) is 0. The topological polar surface area (TPSA) is 29.3 Å². The summed E-state index contributed by atoms with van der Waals surface area (Å²) in [6.07, 6.45) is 5.73. The first-order chi connectivity index (χ1) is 5.23. The normalized spacial score (nSPS) is 31.1. The number of nitrogens with zero attached hydrogens (tertiary/aromatic N) is 1. The van der Waals surface area contributed by atoms with E-state index < -0.39 is 0 Å². The van der Waals surface area contributed by atoms with Gasteiger partial charge in [0.15, 0.2) is 0 Å². The predicted octanol–water partition coefficient (Wildman–Crippen LogP) is 0.962. The molecule has 11 heavy (non-hydrogen) atoms. The van der Waals surface area contributed by atoms with Crippen molar-refractivity contribution in [1.82, 2.24) is 4.90 Å². The molecule has 2 rings (SSSR count). The Kier molecular flexibility index (Phi) is 1.69. The van der Waals surface area contributed by atoms with E-state index in [4.69, 9.17) is 5.73 Å². The average Bonchev–Trinajstić information content (AvgIpc) is 1.76. The summed E-state index contributed by atoms with van der Waals surface area (Å²) in [4.78, 5) is 2.58. The van der Waals surface area contributed by atoms with E-state index in [1.807, 2.05) is 0 Å². The minimum Gasteiger partial charge on any atom is -0.327 e. The van der Waals surface area contributed by atoms with Gasteiger partial charge in [-0.3, -0.25) is 4.90 Å². The zero-order chi connectivity index (χ0) is 7.90. The quantitative estimate of drug-likeness (QED) is 0.642. The highest BCUT2D eigenvalue weighted by Crippen LogP contribution is 2.46. The van der Waals surface area contributed by atoms with Gasteiger partial charge in [-0.05, 0) is 32.6 Å². The van der Waals surface area contributed by atoms with Gasteiger partial charge in [0.1, 0.15) is 0 Å². The Morgan fingerprint density at radius 2 is 2.18 bits per heavy atom.